The maximum absolute atomic E-state index is 9.70. The molecule has 2 aliphatic rings. The van der Waals surface area contributed by atoms with Gasteiger partial charge >= 0.3 is 0 Å². The van der Waals surface area contributed by atoms with E-state index in [1.807, 2.05) is 29.8 Å². The highest BCUT2D eigenvalue weighted by Gasteiger charge is 2.29. The molecule has 2 fully saturated rings. The highest BCUT2D eigenvalue weighted by Crippen LogP contribution is 2.34. The van der Waals surface area contributed by atoms with Crippen LogP contribution in [0.15, 0.2) is 36.4 Å². The zero-order valence-electron chi connectivity index (χ0n) is 20.0. The van der Waals surface area contributed by atoms with Crippen molar-refractivity contribution in [1.29, 1.82) is 5.26 Å². The van der Waals surface area contributed by atoms with Gasteiger partial charge in [-0.3, -0.25) is 9.58 Å². The molecule has 35 heavy (non-hydrogen) atoms. The maximum Gasteiger partial charge on any atom is 0.170 e. The molecular weight excluding hydrogens is 481 g/mol. The third-order valence-corrected chi connectivity index (χ3v) is 8.29. The van der Waals surface area contributed by atoms with Crippen LogP contribution in [-0.4, -0.2) is 58.6 Å². The van der Waals surface area contributed by atoms with Gasteiger partial charge in [0.1, 0.15) is 6.07 Å². The number of anilines is 1. The van der Waals surface area contributed by atoms with Crippen molar-refractivity contribution in [1.82, 2.24) is 14.7 Å². The van der Waals surface area contributed by atoms with Gasteiger partial charge in [-0.2, -0.15) is 10.4 Å². The summed E-state index contributed by atoms with van der Waals surface area (Å²) in [4.78, 5) is 5.03. The standard InChI is InChI=1S/C27H31Cl2N5O/c1-18(23-6-4-20(28)13-25(23)29)34-27-14-22(5-7-24(27)26(15-30)31-34)32-11-8-21(9-12-32)33-10-2-3-19(16-33)17-35/h4-7,13-14,18-19,21,35H,2-3,8-12,16-17H2,1H3/t18-,19?/m1/s1. The molecule has 2 aliphatic heterocycles. The van der Waals surface area contributed by atoms with Crippen molar-refractivity contribution >= 4 is 39.8 Å². The number of fused-ring (bicyclic) bond motifs is 1. The van der Waals surface area contributed by atoms with Gasteiger partial charge in [0.05, 0.1) is 11.6 Å². The molecule has 3 aromatic rings. The monoisotopic (exact) mass is 511 g/mol. The van der Waals surface area contributed by atoms with Crippen LogP contribution in [0, 0.1) is 17.2 Å². The molecule has 184 valence electrons. The van der Waals surface area contributed by atoms with E-state index in [0.717, 1.165) is 67.6 Å². The first kappa shape index (κ1) is 24.4. The average Bonchev–Trinajstić information content (AvgIpc) is 3.26. The Labute approximate surface area is 216 Å². The van der Waals surface area contributed by atoms with Crippen molar-refractivity contribution in [3.63, 3.8) is 0 Å². The molecule has 6 nitrogen and oxygen atoms in total. The Morgan fingerprint density at radius 2 is 1.91 bits per heavy atom. The number of rotatable bonds is 5. The van der Waals surface area contributed by atoms with Crippen LogP contribution < -0.4 is 4.90 Å². The van der Waals surface area contributed by atoms with Crippen molar-refractivity contribution in [2.45, 2.75) is 44.7 Å². The highest BCUT2D eigenvalue weighted by molar-refractivity contribution is 6.35. The quantitative estimate of drug-likeness (QED) is 0.489. The molecule has 1 aromatic heterocycles. The number of piperidine rings is 2. The van der Waals surface area contributed by atoms with E-state index in [-0.39, 0.29) is 6.04 Å². The van der Waals surface area contributed by atoms with Gasteiger partial charge in [0, 0.05) is 53.4 Å². The number of hydrogen-bond acceptors (Lipinski definition) is 5. The zero-order chi connectivity index (χ0) is 24.5. The summed E-state index contributed by atoms with van der Waals surface area (Å²) in [6.07, 6.45) is 4.57. The predicted molar refractivity (Wildman–Crippen MR) is 141 cm³/mol. The van der Waals surface area contributed by atoms with Crippen LogP contribution in [0.2, 0.25) is 10.0 Å². The fourth-order valence-corrected chi connectivity index (χ4v) is 6.31. The largest absolute Gasteiger partial charge is 0.396 e. The van der Waals surface area contributed by atoms with E-state index < -0.39 is 0 Å². The van der Waals surface area contributed by atoms with Gasteiger partial charge in [-0.05, 0) is 81.0 Å². The third-order valence-electron chi connectivity index (χ3n) is 7.73. The first-order chi connectivity index (χ1) is 17.0. The SMILES string of the molecule is C[C@H](c1ccc(Cl)cc1Cl)n1nc(C#N)c2ccc(N3CCC(N4CCCC(CO)C4)CC3)cc21. The molecule has 8 heteroatoms. The molecule has 2 atom stereocenters. The van der Waals surface area contributed by atoms with Gasteiger partial charge in [-0.15, -0.1) is 0 Å². The van der Waals surface area contributed by atoms with E-state index in [9.17, 15) is 10.4 Å². The normalized spacial score (nSPS) is 20.8. The van der Waals surface area contributed by atoms with E-state index in [0.29, 0.717) is 34.3 Å². The number of nitriles is 1. The number of aliphatic hydroxyl groups excluding tert-OH is 1. The van der Waals surface area contributed by atoms with E-state index in [2.05, 4.69) is 33.1 Å². The second-order valence-electron chi connectivity index (χ2n) is 9.85. The Hall–Kier alpha value is -2.30. The molecule has 2 aromatic carbocycles. The topological polar surface area (TPSA) is 68.3 Å². The maximum atomic E-state index is 9.70. The first-order valence-electron chi connectivity index (χ1n) is 12.5. The van der Waals surface area contributed by atoms with Crippen LogP contribution in [-0.2, 0) is 0 Å². The molecule has 5 rings (SSSR count). The Morgan fingerprint density at radius 3 is 2.63 bits per heavy atom. The van der Waals surface area contributed by atoms with Crippen LogP contribution in [0.5, 0.6) is 0 Å². The number of likely N-dealkylation sites (tertiary alicyclic amines) is 1. The average molecular weight is 512 g/mol. The molecule has 1 N–H and O–H groups in total. The number of benzene rings is 2. The van der Waals surface area contributed by atoms with Crippen molar-refractivity contribution in [2.75, 3.05) is 37.7 Å². The van der Waals surface area contributed by atoms with Gasteiger partial charge in [-0.1, -0.05) is 29.3 Å². The van der Waals surface area contributed by atoms with Gasteiger partial charge in [0.25, 0.3) is 0 Å². The lowest BCUT2D eigenvalue weighted by molar-refractivity contribution is 0.0778. The summed E-state index contributed by atoms with van der Waals surface area (Å²) < 4.78 is 1.90. The van der Waals surface area contributed by atoms with Crippen molar-refractivity contribution < 1.29 is 5.11 Å². The third kappa shape index (κ3) is 4.88. The number of aliphatic hydroxyl groups is 1. The molecule has 2 saturated heterocycles. The fourth-order valence-electron chi connectivity index (χ4n) is 5.74. The summed E-state index contributed by atoms with van der Waals surface area (Å²) in [5, 5.41) is 26.0. The van der Waals surface area contributed by atoms with E-state index in [1.54, 1.807) is 6.07 Å². The minimum absolute atomic E-state index is 0.149. The lowest BCUT2D eigenvalue weighted by atomic mass is 9.94. The Morgan fingerprint density at radius 1 is 1.11 bits per heavy atom. The number of halogens is 2. The molecule has 0 aliphatic carbocycles. The molecule has 3 heterocycles. The summed E-state index contributed by atoms with van der Waals surface area (Å²) >= 11 is 12.6. The smallest absolute Gasteiger partial charge is 0.170 e. The lowest BCUT2D eigenvalue weighted by Gasteiger charge is -2.42. The summed E-state index contributed by atoms with van der Waals surface area (Å²) in [7, 11) is 0. The first-order valence-corrected chi connectivity index (χ1v) is 13.2. The second kappa shape index (κ2) is 10.4. The number of hydrogen-bond donors (Lipinski definition) is 1. The minimum Gasteiger partial charge on any atom is -0.396 e. The molecule has 0 bridgehead atoms. The van der Waals surface area contributed by atoms with Gasteiger partial charge in [0.2, 0.25) is 0 Å². The van der Waals surface area contributed by atoms with Crippen LogP contribution in [0.1, 0.15) is 49.9 Å². The van der Waals surface area contributed by atoms with Gasteiger partial charge in [-0.25, -0.2) is 0 Å². The van der Waals surface area contributed by atoms with E-state index in [4.69, 9.17) is 23.2 Å². The zero-order valence-corrected chi connectivity index (χ0v) is 21.5. The van der Waals surface area contributed by atoms with Gasteiger partial charge in [0.15, 0.2) is 5.69 Å². The predicted octanol–water partition coefficient (Wildman–Crippen LogP) is 5.50. The Bertz CT molecular complexity index is 1240. The Balaban J connectivity index is 1.38. The minimum atomic E-state index is -0.149. The molecule has 1 unspecified atom stereocenters. The van der Waals surface area contributed by atoms with Crippen LogP contribution in [0.3, 0.4) is 0 Å². The molecular formula is C27H31Cl2N5O. The van der Waals surface area contributed by atoms with E-state index >= 15 is 0 Å². The van der Waals surface area contributed by atoms with Crippen LogP contribution in [0.4, 0.5) is 5.69 Å². The van der Waals surface area contributed by atoms with Gasteiger partial charge < -0.3 is 10.0 Å². The lowest BCUT2D eigenvalue weighted by Crippen LogP contribution is -2.49. The van der Waals surface area contributed by atoms with Crippen molar-refractivity contribution in [3.8, 4) is 6.07 Å². The molecule has 0 amide bonds. The summed E-state index contributed by atoms with van der Waals surface area (Å²) in [5.41, 5.74) is 3.42. The summed E-state index contributed by atoms with van der Waals surface area (Å²) in [5.74, 6) is 0.426. The summed E-state index contributed by atoms with van der Waals surface area (Å²) in [6.45, 7) is 6.50. The Kier molecular flexibility index (Phi) is 7.22. The van der Waals surface area contributed by atoms with Crippen molar-refractivity contribution in [2.24, 2.45) is 5.92 Å². The van der Waals surface area contributed by atoms with Crippen LogP contribution >= 0.6 is 23.2 Å². The molecule has 0 spiro atoms. The van der Waals surface area contributed by atoms with E-state index in [1.165, 1.54) is 6.42 Å². The second-order valence-corrected chi connectivity index (χ2v) is 10.7. The highest BCUT2D eigenvalue weighted by atomic mass is 35.5. The number of aromatic nitrogens is 2. The van der Waals surface area contributed by atoms with Crippen molar-refractivity contribution in [3.05, 3.63) is 57.7 Å². The molecule has 0 radical (unpaired) electrons. The molecule has 0 saturated carbocycles. The summed E-state index contributed by atoms with van der Waals surface area (Å²) in [6, 6.07) is 14.5. The number of nitrogens with zero attached hydrogens (tertiary/aromatic N) is 5. The fraction of sp³-hybridized carbons (Fsp3) is 0.481. The van der Waals surface area contributed by atoms with Crippen LogP contribution in [0.25, 0.3) is 10.9 Å².